The van der Waals surface area contributed by atoms with Crippen LogP contribution in [0.1, 0.15) is 13.3 Å². The van der Waals surface area contributed by atoms with E-state index in [0.29, 0.717) is 6.42 Å². The molecule has 7 nitrogen and oxygen atoms in total. The number of ether oxygens (including phenoxy) is 1. The van der Waals surface area contributed by atoms with Crippen molar-refractivity contribution < 1.29 is 19.4 Å². The number of hydrogen-bond acceptors (Lipinski definition) is 4. The van der Waals surface area contributed by atoms with Crippen LogP contribution in [0.15, 0.2) is 0 Å². The molecule has 1 rings (SSSR count). The van der Waals surface area contributed by atoms with Crippen LogP contribution in [0, 0.1) is 17.2 Å². The predicted octanol–water partition coefficient (Wildman–Crippen LogP) is 0.372. The summed E-state index contributed by atoms with van der Waals surface area (Å²) in [5.74, 6) is -1.33. The first-order valence-corrected chi connectivity index (χ1v) is 6.07. The first-order chi connectivity index (χ1) is 8.90. The molecule has 0 saturated carbocycles. The Bertz CT molecular complexity index is 393. The Morgan fingerprint density at radius 2 is 2.26 bits per heavy atom. The second-order valence-electron chi connectivity index (χ2n) is 4.79. The van der Waals surface area contributed by atoms with Crippen LogP contribution in [0.2, 0.25) is 0 Å². The van der Waals surface area contributed by atoms with Gasteiger partial charge in [-0.05, 0) is 6.92 Å². The van der Waals surface area contributed by atoms with Gasteiger partial charge in [-0.15, -0.1) is 0 Å². The number of nitrogens with zero attached hydrogens (tertiary/aromatic N) is 3. The molecule has 0 aromatic rings. The van der Waals surface area contributed by atoms with Crippen LogP contribution in [0.3, 0.4) is 0 Å². The number of carbonyl (C=O) groups is 2. The van der Waals surface area contributed by atoms with Crippen molar-refractivity contribution >= 4 is 12.0 Å². The number of carboxylic acids is 1. The lowest BCUT2D eigenvalue weighted by atomic mass is 10.2. The number of hydrogen-bond donors (Lipinski definition) is 1. The second kappa shape index (κ2) is 6.38. The highest BCUT2D eigenvalue weighted by Gasteiger charge is 2.40. The van der Waals surface area contributed by atoms with Gasteiger partial charge in [0, 0.05) is 33.7 Å². The van der Waals surface area contributed by atoms with Gasteiger partial charge in [0.25, 0.3) is 0 Å². The highest BCUT2D eigenvalue weighted by molar-refractivity contribution is 5.83. The normalized spacial score (nSPS) is 23.8. The highest BCUT2D eigenvalue weighted by Crippen LogP contribution is 2.21. The van der Waals surface area contributed by atoms with Crippen molar-refractivity contribution in [1.82, 2.24) is 9.80 Å². The second-order valence-corrected chi connectivity index (χ2v) is 4.79. The SMILES string of the molecule is COC1CC(C(=O)O)N(C(=O)N(C)CC(C)C#N)C1. The number of methoxy groups -OCH3 is 1. The average Bonchev–Trinajstić information content (AvgIpc) is 2.81. The predicted molar refractivity (Wildman–Crippen MR) is 66.3 cm³/mol. The zero-order valence-electron chi connectivity index (χ0n) is 11.4. The minimum atomic E-state index is -1.03. The molecule has 0 bridgehead atoms. The molecule has 3 unspecified atom stereocenters. The van der Waals surface area contributed by atoms with E-state index in [4.69, 9.17) is 15.1 Å². The molecular weight excluding hydrogens is 250 g/mol. The Labute approximate surface area is 112 Å². The molecule has 0 aliphatic carbocycles. The first-order valence-electron chi connectivity index (χ1n) is 6.07. The summed E-state index contributed by atoms with van der Waals surface area (Å²) in [6, 6.07) is 0.798. The number of aliphatic carboxylic acids is 1. The monoisotopic (exact) mass is 269 g/mol. The zero-order chi connectivity index (χ0) is 14.6. The van der Waals surface area contributed by atoms with Gasteiger partial charge in [0.2, 0.25) is 0 Å². The molecule has 19 heavy (non-hydrogen) atoms. The Balaban J connectivity index is 2.74. The molecule has 1 aliphatic heterocycles. The fourth-order valence-electron chi connectivity index (χ4n) is 2.16. The van der Waals surface area contributed by atoms with E-state index in [-0.39, 0.29) is 31.1 Å². The standard InChI is InChI=1S/C12H19N3O4/c1-8(5-13)6-14(2)12(18)15-7-9(19-3)4-10(15)11(16)17/h8-10H,4,6-7H2,1-3H3,(H,16,17). The Kier molecular flexibility index (Phi) is 5.12. The van der Waals surface area contributed by atoms with Crippen LogP contribution >= 0.6 is 0 Å². The lowest BCUT2D eigenvalue weighted by Crippen LogP contribution is -2.47. The van der Waals surface area contributed by atoms with E-state index >= 15 is 0 Å². The van der Waals surface area contributed by atoms with E-state index in [1.807, 2.05) is 6.07 Å². The minimum Gasteiger partial charge on any atom is -0.480 e. The maximum atomic E-state index is 12.2. The average molecular weight is 269 g/mol. The third-order valence-electron chi connectivity index (χ3n) is 3.22. The Hall–Kier alpha value is -1.81. The van der Waals surface area contributed by atoms with Gasteiger partial charge >= 0.3 is 12.0 Å². The summed E-state index contributed by atoms with van der Waals surface area (Å²) in [6.45, 7) is 2.24. The van der Waals surface area contributed by atoms with Gasteiger partial charge < -0.3 is 19.6 Å². The van der Waals surface area contributed by atoms with E-state index in [9.17, 15) is 9.59 Å². The number of urea groups is 1. The summed E-state index contributed by atoms with van der Waals surface area (Å²) in [7, 11) is 3.06. The fraction of sp³-hybridized carbons (Fsp3) is 0.750. The zero-order valence-corrected chi connectivity index (χ0v) is 11.4. The van der Waals surface area contributed by atoms with Crippen molar-refractivity contribution in [3.63, 3.8) is 0 Å². The minimum absolute atomic E-state index is 0.258. The van der Waals surface area contributed by atoms with Crippen molar-refractivity contribution in [2.75, 3.05) is 27.2 Å². The molecular formula is C12H19N3O4. The van der Waals surface area contributed by atoms with E-state index in [2.05, 4.69) is 0 Å². The molecule has 0 aromatic carbocycles. The summed E-state index contributed by atoms with van der Waals surface area (Å²) in [5.41, 5.74) is 0. The van der Waals surface area contributed by atoms with Crippen molar-refractivity contribution in [1.29, 1.82) is 5.26 Å². The van der Waals surface area contributed by atoms with Gasteiger partial charge in [-0.1, -0.05) is 0 Å². The topological polar surface area (TPSA) is 93.9 Å². The molecule has 2 amide bonds. The molecule has 0 aromatic heterocycles. The third-order valence-corrected chi connectivity index (χ3v) is 3.22. The highest BCUT2D eigenvalue weighted by atomic mass is 16.5. The van der Waals surface area contributed by atoms with Gasteiger partial charge in [-0.25, -0.2) is 9.59 Å². The van der Waals surface area contributed by atoms with Crippen molar-refractivity contribution in [3.05, 3.63) is 0 Å². The smallest absolute Gasteiger partial charge is 0.326 e. The van der Waals surface area contributed by atoms with Gasteiger partial charge in [0.15, 0.2) is 0 Å². The lowest BCUT2D eigenvalue weighted by Gasteiger charge is -2.28. The largest absolute Gasteiger partial charge is 0.480 e. The van der Waals surface area contributed by atoms with Crippen molar-refractivity contribution in [2.24, 2.45) is 5.92 Å². The number of amides is 2. The molecule has 0 spiro atoms. The number of nitriles is 1. The van der Waals surface area contributed by atoms with E-state index < -0.39 is 12.0 Å². The van der Waals surface area contributed by atoms with E-state index in [0.717, 1.165) is 0 Å². The van der Waals surface area contributed by atoms with Crippen LogP contribution in [-0.4, -0.2) is 66.3 Å². The molecule has 1 heterocycles. The molecule has 1 aliphatic rings. The van der Waals surface area contributed by atoms with Crippen LogP contribution in [0.25, 0.3) is 0 Å². The summed E-state index contributed by atoms with van der Waals surface area (Å²) in [6.07, 6.45) is 0.0333. The third kappa shape index (κ3) is 3.58. The summed E-state index contributed by atoms with van der Waals surface area (Å²) in [4.78, 5) is 26.0. The number of carboxylic acid groups (broad SMARTS) is 1. The van der Waals surface area contributed by atoms with Crippen LogP contribution < -0.4 is 0 Å². The molecule has 3 atom stereocenters. The Morgan fingerprint density at radius 3 is 2.74 bits per heavy atom. The van der Waals surface area contributed by atoms with Gasteiger partial charge in [-0.3, -0.25) is 0 Å². The quantitative estimate of drug-likeness (QED) is 0.795. The van der Waals surface area contributed by atoms with Gasteiger partial charge in [0.1, 0.15) is 6.04 Å². The van der Waals surface area contributed by atoms with E-state index in [1.165, 1.54) is 16.9 Å². The molecule has 1 saturated heterocycles. The number of likely N-dealkylation sites (tertiary alicyclic amines) is 1. The molecule has 1 fully saturated rings. The summed E-state index contributed by atoms with van der Waals surface area (Å²) in [5, 5.41) is 17.9. The lowest BCUT2D eigenvalue weighted by molar-refractivity contribution is -0.141. The van der Waals surface area contributed by atoms with Crippen LogP contribution in [0.4, 0.5) is 4.79 Å². The Morgan fingerprint density at radius 1 is 1.63 bits per heavy atom. The number of rotatable bonds is 4. The maximum absolute atomic E-state index is 12.2. The van der Waals surface area contributed by atoms with Crippen LogP contribution in [0.5, 0.6) is 0 Å². The number of carbonyl (C=O) groups excluding carboxylic acids is 1. The van der Waals surface area contributed by atoms with Gasteiger partial charge in [-0.2, -0.15) is 5.26 Å². The van der Waals surface area contributed by atoms with Crippen molar-refractivity contribution in [3.8, 4) is 6.07 Å². The fourth-order valence-corrected chi connectivity index (χ4v) is 2.16. The molecule has 1 N–H and O–H groups in total. The summed E-state index contributed by atoms with van der Waals surface area (Å²) < 4.78 is 5.13. The van der Waals surface area contributed by atoms with Crippen molar-refractivity contribution in [2.45, 2.75) is 25.5 Å². The van der Waals surface area contributed by atoms with Gasteiger partial charge in [0.05, 0.1) is 18.1 Å². The van der Waals surface area contributed by atoms with E-state index in [1.54, 1.807) is 14.0 Å². The summed E-state index contributed by atoms with van der Waals surface area (Å²) >= 11 is 0. The first kappa shape index (κ1) is 15.2. The molecule has 0 radical (unpaired) electrons. The molecule has 106 valence electrons. The maximum Gasteiger partial charge on any atom is 0.326 e. The van der Waals surface area contributed by atoms with Crippen LogP contribution in [-0.2, 0) is 9.53 Å². The molecule has 7 heteroatoms.